The van der Waals surface area contributed by atoms with E-state index < -0.39 is 10.0 Å². The molecule has 1 fully saturated rings. The van der Waals surface area contributed by atoms with Gasteiger partial charge in [-0.25, -0.2) is 12.7 Å². The molecule has 1 saturated heterocycles. The first-order valence-electron chi connectivity index (χ1n) is 10.3. The predicted molar refractivity (Wildman–Crippen MR) is 116 cm³/mol. The van der Waals surface area contributed by atoms with E-state index in [0.717, 1.165) is 32.1 Å². The van der Waals surface area contributed by atoms with Gasteiger partial charge in [0.2, 0.25) is 10.0 Å². The van der Waals surface area contributed by atoms with Crippen LogP contribution in [0.2, 0.25) is 0 Å². The van der Waals surface area contributed by atoms with Crippen molar-refractivity contribution in [1.29, 1.82) is 0 Å². The molecule has 0 unspecified atom stereocenters. The normalized spacial score (nSPS) is 15.2. The maximum absolute atomic E-state index is 12.5. The molecule has 1 amide bonds. The number of carbonyl (C=O) groups is 1. The quantitative estimate of drug-likeness (QED) is 0.670. The Bertz CT molecular complexity index is 900. The van der Waals surface area contributed by atoms with Gasteiger partial charge in [-0.1, -0.05) is 48.4 Å². The number of rotatable bonds is 8. The summed E-state index contributed by atoms with van der Waals surface area (Å²) in [5, 5.41) is 2.93. The molecule has 0 atom stereocenters. The van der Waals surface area contributed by atoms with E-state index >= 15 is 0 Å². The topological polar surface area (TPSA) is 66.5 Å². The van der Waals surface area contributed by atoms with E-state index in [4.69, 9.17) is 0 Å². The summed E-state index contributed by atoms with van der Waals surface area (Å²) in [7, 11) is -3.28. The molecule has 1 N–H and O–H groups in total. The van der Waals surface area contributed by atoms with Gasteiger partial charge in [-0.15, -0.1) is 0 Å². The Kier molecular flexibility index (Phi) is 7.45. The van der Waals surface area contributed by atoms with Crippen LogP contribution in [0.4, 0.5) is 0 Å². The van der Waals surface area contributed by atoms with Crippen LogP contribution in [0.3, 0.4) is 0 Å². The minimum absolute atomic E-state index is 0.00848. The number of piperidine rings is 1. The molecule has 156 valence electrons. The van der Waals surface area contributed by atoms with Crippen molar-refractivity contribution in [2.24, 2.45) is 0 Å². The molecule has 0 aromatic heterocycles. The van der Waals surface area contributed by atoms with Crippen molar-refractivity contribution >= 4 is 15.9 Å². The maximum atomic E-state index is 12.5. The summed E-state index contributed by atoms with van der Waals surface area (Å²) in [4.78, 5) is 12.3. The summed E-state index contributed by atoms with van der Waals surface area (Å²) < 4.78 is 26.6. The SMILES string of the molecule is Cc1ccc(CCCNC(=O)c2ccc(CS(=O)(=O)N3CCCCC3)cc2)cc1. The van der Waals surface area contributed by atoms with Gasteiger partial charge in [-0.05, 0) is 55.9 Å². The summed E-state index contributed by atoms with van der Waals surface area (Å²) >= 11 is 0. The first-order chi connectivity index (χ1) is 13.9. The van der Waals surface area contributed by atoms with E-state index in [0.29, 0.717) is 30.8 Å². The van der Waals surface area contributed by atoms with Crippen molar-refractivity contribution in [3.8, 4) is 0 Å². The smallest absolute Gasteiger partial charge is 0.251 e. The number of nitrogens with one attached hydrogen (secondary N) is 1. The molecule has 6 heteroatoms. The lowest BCUT2D eigenvalue weighted by atomic mass is 10.1. The number of nitrogens with zero attached hydrogens (tertiary/aromatic N) is 1. The Balaban J connectivity index is 1.46. The summed E-state index contributed by atoms with van der Waals surface area (Å²) in [6.07, 6.45) is 4.76. The molecule has 0 bridgehead atoms. The second-order valence-electron chi connectivity index (χ2n) is 7.76. The summed E-state index contributed by atoms with van der Waals surface area (Å²) in [5.41, 5.74) is 3.78. The highest BCUT2D eigenvalue weighted by Gasteiger charge is 2.24. The number of hydrogen-bond acceptors (Lipinski definition) is 3. The van der Waals surface area contributed by atoms with Gasteiger partial charge in [0.05, 0.1) is 5.75 Å². The minimum atomic E-state index is -3.28. The molecule has 1 heterocycles. The van der Waals surface area contributed by atoms with E-state index in [-0.39, 0.29) is 11.7 Å². The van der Waals surface area contributed by atoms with Crippen LogP contribution < -0.4 is 5.32 Å². The van der Waals surface area contributed by atoms with E-state index in [9.17, 15) is 13.2 Å². The summed E-state index contributed by atoms with van der Waals surface area (Å²) in [6, 6.07) is 15.3. The van der Waals surface area contributed by atoms with Crippen LogP contribution >= 0.6 is 0 Å². The molecule has 1 aliphatic heterocycles. The zero-order valence-electron chi connectivity index (χ0n) is 17.1. The molecule has 0 radical (unpaired) electrons. The van der Waals surface area contributed by atoms with Crippen molar-refractivity contribution in [3.05, 3.63) is 70.8 Å². The number of hydrogen-bond donors (Lipinski definition) is 1. The molecule has 1 aliphatic rings. The summed E-state index contributed by atoms with van der Waals surface area (Å²) in [5.74, 6) is -0.134. The zero-order valence-corrected chi connectivity index (χ0v) is 17.9. The van der Waals surface area contributed by atoms with E-state index in [2.05, 4.69) is 36.5 Å². The molecule has 3 rings (SSSR count). The van der Waals surface area contributed by atoms with Gasteiger partial charge in [-0.3, -0.25) is 4.79 Å². The third-order valence-electron chi connectivity index (χ3n) is 5.32. The van der Waals surface area contributed by atoms with Crippen LogP contribution in [0.25, 0.3) is 0 Å². The standard InChI is InChI=1S/C23H30N2O3S/c1-19-7-9-20(10-8-19)6-5-15-24-23(26)22-13-11-21(12-14-22)18-29(27,28)25-16-3-2-4-17-25/h7-14H,2-6,15-18H2,1H3,(H,24,26). The minimum Gasteiger partial charge on any atom is -0.352 e. The molecule has 29 heavy (non-hydrogen) atoms. The van der Waals surface area contributed by atoms with Gasteiger partial charge in [0.1, 0.15) is 0 Å². The second kappa shape index (κ2) is 10.0. The fourth-order valence-electron chi connectivity index (χ4n) is 3.55. The van der Waals surface area contributed by atoms with Gasteiger partial charge >= 0.3 is 0 Å². The van der Waals surface area contributed by atoms with Crippen molar-refractivity contribution in [3.63, 3.8) is 0 Å². The Morgan fingerprint density at radius 1 is 0.931 bits per heavy atom. The van der Waals surface area contributed by atoms with Crippen molar-refractivity contribution in [2.75, 3.05) is 19.6 Å². The largest absolute Gasteiger partial charge is 0.352 e. The lowest BCUT2D eigenvalue weighted by molar-refractivity contribution is 0.0953. The van der Waals surface area contributed by atoms with Gasteiger partial charge in [0.15, 0.2) is 0 Å². The Hall–Kier alpha value is -2.18. The van der Waals surface area contributed by atoms with E-state index in [1.807, 2.05) is 0 Å². The third kappa shape index (κ3) is 6.41. The molecule has 2 aromatic carbocycles. The monoisotopic (exact) mass is 414 g/mol. The number of carbonyl (C=O) groups excluding carboxylic acids is 1. The number of aryl methyl sites for hydroxylation is 2. The average Bonchev–Trinajstić information content (AvgIpc) is 2.73. The molecule has 0 spiro atoms. The lowest BCUT2D eigenvalue weighted by Crippen LogP contribution is -2.36. The third-order valence-corrected chi connectivity index (χ3v) is 7.17. The molecule has 2 aromatic rings. The number of sulfonamides is 1. The highest BCUT2D eigenvalue weighted by atomic mass is 32.2. The predicted octanol–water partition coefficient (Wildman–Crippen LogP) is 3.67. The van der Waals surface area contributed by atoms with Gasteiger partial charge in [0.25, 0.3) is 5.91 Å². The van der Waals surface area contributed by atoms with Crippen LogP contribution in [-0.2, 0) is 22.2 Å². The van der Waals surface area contributed by atoms with Gasteiger partial charge in [0, 0.05) is 25.2 Å². The van der Waals surface area contributed by atoms with Crippen LogP contribution in [0.1, 0.15) is 52.7 Å². The Labute approximate surface area is 174 Å². The highest BCUT2D eigenvalue weighted by molar-refractivity contribution is 7.88. The molecule has 0 aliphatic carbocycles. The van der Waals surface area contributed by atoms with Crippen LogP contribution in [-0.4, -0.2) is 38.3 Å². The fraction of sp³-hybridized carbons (Fsp3) is 0.435. The highest BCUT2D eigenvalue weighted by Crippen LogP contribution is 2.17. The zero-order chi connectivity index (χ0) is 20.7. The first-order valence-corrected chi connectivity index (χ1v) is 12.0. The Morgan fingerprint density at radius 3 is 2.21 bits per heavy atom. The molecular weight excluding hydrogens is 384 g/mol. The molecule has 5 nitrogen and oxygen atoms in total. The second-order valence-corrected chi connectivity index (χ2v) is 9.73. The lowest BCUT2D eigenvalue weighted by Gasteiger charge is -2.25. The molecular formula is C23H30N2O3S. The van der Waals surface area contributed by atoms with Crippen LogP contribution in [0, 0.1) is 6.92 Å². The Morgan fingerprint density at radius 2 is 1.55 bits per heavy atom. The summed E-state index contributed by atoms with van der Waals surface area (Å²) in [6.45, 7) is 3.91. The van der Waals surface area contributed by atoms with Crippen molar-refractivity contribution < 1.29 is 13.2 Å². The van der Waals surface area contributed by atoms with Crippen LogP contribution in [0.15, 0.2) is 48.5 Å². The van der Waals surface area contributed by atoms with E-state index in [1.54, 1.807) is 28.6 Å². The van der Waals surface area contributed by atoms with Crippen LogP contribution in [0.5, 0.6) is 0 Å². The van der Waals surface area contributed by atoms with Gasteiger partial charge < -0.3 is 5.32 Å². The van der Waals surface area contributed by atoms with E-state index in [1.165, 1.54) is 11.1 Å². The van der Waals surface area contributed by atoms with Crippen molar-refractivity contribution in [2.45, 2.75) is 44.8 Å². The molecule has 0 saturated carbocycles. The van der Waals surface area contributed by atoms with Gasteiger partial charge in [-0.2, -0.15) is 0 Å². The number of benzene rings is 2. The average molecular weight is 415 g/mol. The number of amides is 1. The van der Waals surface area contributed by atoms with Crippen molar-refractivity contribution in [1.82, 2.24) is 9.62 Å². The fourth-order valence-corrected chi connectivity index (χ4v) is 5.16. The maximum Gasteiger partial charge on any atom is 0.251 e. The first kappa shape index (κ1) is 21.5.